The van der Waals surface area contributed by atoms with Gasteiger partial charge < -0.3 is 10.3 Å². The lowest BCUT2D eigenvalue weighted by Crippen LogP contribution is -2.26. The largest absolute Gasteiger partial charge is 0.338 e. The molecule has 2 N–H and O–H groups in total. The fraction of sp³-hybridized carbons (Fsp3) is 0.500. The quantitative estimate of drug-likeness (QED) is 0.835. The average molecular weight is 310 g/mol. The topological polar surface area (TPSA) is 40.7 Å². The van der Waals surface area contributed by atoms with Crippen molar-refractivity contribution in [3.8, 4) is 0 Å². The minimum Gasteiger partial charge on any atom is -0.338 e. The van der Waals surface area contributed by atoms with Gasteiger partial charge in [0.2, 0.25) is 0 Å². The molecule has 1 aromatic rings. The third-order valence-corrected chi connectivity index (χ3v) is 3.87. The Morgan fingerprint density at radius 1 is 1.22 bits per heavy atom. The first-order chi connectivity index (χ1) is 8.66. The molecule has 2 rings (SSSR count). The maximum atomic E-state index is 4.51. The van der Waals surface area contributed by atoms with Crippen LogP contribution in [0.3, 0.4) is 0 Å². The van der Waals surface area contributed by atoms with Crippen molar-refractivity contribution in [1.82, 2.24) is 15.3 Å². The van der Waals surface area contributed by atoms with Crippen molar-refractivity contribution in [3.05, 3.63) is 39.9 Å². The van der Waals surface area contributed by atoms with E-state index in [4.69, 9.17) is 0 Å². The van der Waals surface area contributed by atoms with Gasteiger partial charge in [-0.15, -0.1) is 0 Å². The van der Waals surface area contributed by atoms with Crippen LogP contribution in [0.2, 0.25) is 0 Å². The van der Waals surface area contributed by atoms with Crippen LogP contribution in [-0.2, 0) is 0 Å². The molecule has 4 heteroatoms. The van der Waals surface area contributed by atoms with E-state index in [1.54, 1.807) is 0 Å². The van der Waals surface area contributed by atoms with Crippen molar-refractivity contribution in [1.29, 1.82) is 0 Å². The fourth-order valence-corrected chi connectivity index (χ4v) is 2.79. The van der Waals surface area contributed by atoms with E-state index in [1.165, 1.54) is 24.0 Å². The number of hydrogen-bond acceptors (Lipinski definition) is 2. The highest BCUT2D eigenvalue weighted by atomic mass is 79.9. The van der Waals surface area contributed by atoms with E-state index in [9.17, 15) is 0 Å². The Balaban J connectivity index is 2.46. The third-order valence-electron chi connectivity index (χ3n) is 3.41. The van der Waals surface area contributed by atoms with Gasteiger partial charge in [0.05, 0.1) is 4.60 Å². The first-order valence-electron chi connectivity index (χ1n) is 6.43. The minimum absolute atomic E-state index is 0.629. The number of H-pyrrole nitrogens is 1. The van der Waals surface area contributed by atoms with Crippen LogP contribution in [0.15, 0.2) is 22.9 Å². The number of aromatic nitrogens is 2. The van der Waals surface area contributed by atoms with E-state index < -0.39 is 0 Å². The highest BCUT2D eigenvalue weighted by Gasteiger charge is 2.16. The lowest BCUT2D eigenvalue weighted by atomic mass is 9.89. The predicted molar refractivity (Wildman–Crippen MR) is 78.2 cm³/mol. The molecule has 98 valence electrons. The number of aromatic amines is 1. The van der Waals surface area contributed by atoms with Gasteiger partial charge in [0, 0.05) is 6.20 Å². The lowest BCUT2D eigenvalue weighted by Gasteiger charge is -2.23. The molecule has 0 spiro atoms. The summed E-state index contributed by atoms with van der Waals surface area (Å²) in [6, 6.07) is 4.20. The van der Waals surface area contributed by atoms with Crippen LogP contribution in [-0.4, -0.2) is 23.1 Å². The minimum atomic E-state index is 0.629. The summed E-state index contributed by atoms with van der Waals surface area (Å²) in [6.07, 6.45) is 4.43. The monoisotopic (exact) mass is 309 g/mol. The molecule has 0 amide bonds. The molecule has 0 unspecified atom stereocenters. The summed E-state index contributed by atoms with van der Waals surface area (Å²) in [5.74, 6) is 1.54. The van der Waals surface area contributed by atoms with Gasteiger partial charge in [-0.1, -0.05) is 6.07 Å². The number of hydrogen-bond donors (Lipinski definition) is 2. The van der Waals surface area contributed by atoms with Crippen molar-refractivity contribution in [2.45, 2.75) is 32.6 Å². The zero-order valence-corrected chi connectivity index (χ0v) is 12.5. The summed E-state index contributed by atoms with van der Waals surface area (Å²) < 4.78 is 0.947. The van der Waals surface area contributed by atoms with E-state index in [2.05, 4.69) is 50.3 Å². The van der Waals surface area contributed by atoms with Crippen LogP contribution in [0.4, 0.5) is 0 Å². The Morgan fingerprint density at radius 3 is 2.67 bits per heavy atom. The summed E-state index contributed by atoms with van der Waals surface area (Å²) in [6.45, 7) is 6.36. The highest BCUT2D eigenvalue weighted by molar-refractivity contribution is 9.10. The molecule has 1 aromatic heterocycles. The molecule has 2 heterocycles. The molecular weight excluding hydrogens is 290 g/mol. The van der Waals surface area contributed by atoms with Crippen molar-refractivity contribution < 1.29 is 0 Å². The Kier molecular flexibility index (Phi) is 4.78. The van der Waals surface area contributed by atoms with Crippen LogP contribution >= 0.6 is 15.9 Å². The molecule has 0 aromatic carbocycles. The van der Waals surface area contributed by atoms with E-state index in [0.717, 1.165) is 23.5 Å². The number of nitrogens with one attached hydrogen (secondary N) is 2. The SMILES string of the molecule is Cc1ncc(C2CCNCC2)c(C)ccc(Br)[nH]1. The van der Waals surface area contributed by atoms with Crippen LogP contribution in [0, 0.1) is 13.8 Å². The Hall–Kier alpha value is -0.870. The second kappa shape index (κ2) is 6.34. The molecule has 1 aliphatic rings. The molecule has 0 saturated carbocycles. The molecule has 3 nitrogen and oxygen atoms in total. The summed E-state index contributed by atoms with van der Waals surface area (Å²) >= 11 is 3.48. The molecule has 1 fully saturated rings. The molecule has 18 heavy (non-hydrogen) atoms. The van der Waals surface area contributed by atoms with Gasteiger partial charge in [0.25, 0.3) is 0 Å². The molecule has 0 atom stereocenters. The van der Waals surface area contributed by atoms with Crippen LogP contribution in [0.25, 0.3) is 0 Å². The normalized spacial score (nSPS) is 16.4. The Morgan fingerprint density at radius 2 is 1.94 bits per heavy atom. The molecule has 0 aliphatic carbocycles. The fourth-order valence-electron chi connectivity index (χ4n) is 2.37. The zero-order chi connectivity index (χ0) is 13.0. The highest BCUT2D eigenvalue weighted by Crippen LogP contribution is 2.26. The lowest BCUT2D eigenvalue weighted by molar-refractivity contribution is 0.458. The summed E-state index contributed by atoms with van der Waals surface area (Å²) in [5.41, 5.74) is 2.68. The van der Waals surface area contributed by atoms with Gasteiger partial charge >= 0.3 is 0 Å². The summed E-state index contributed by atoms with van der Waals surface area (Å²) in [7, 11) is 0. The number of rotatable bonds is 1. The van der Waals surface area contributed by atoms with Gasteiger partial charge in [0.15, 0.2) is 0 Å². The van der Waals surface area contributed by atoms with Gasteiger partial charge in [-0.2, -0.15) is 0 Å². The summed E-state index contributed by atoms with van der Waals surface area (Å²) in [4.78, 5) is 7.70. The molecular formula is C14H20BrN3. The number of halogens is 1. The van der Waals surface area contributed by atoms with Gasteiger partial charge in [-0.3, -0.25) is 0 Å². The Bertz CT molecular complexity index is 460. The number of aryl methyl sites for hydroxylation is 2. The van der Waals surface area contributed by atoms with Crippen molar-refractivity contribution in [3.63, 3.8) is 0 Å². The van der Waals surface area contributed by atoms with Gasteiger partial charge in [0.1, 0.15) is 5.82 Å². The van der Waals surface area contributed by atoms with E-state index in [0.29, 0.717) is 5.92 Å². The van der Waals surface area contributed by atoms with Gasteiger partial charge in [-0.25, -0.2) is 4.98 Å². The number of nitrogens with zero attached hydrogens (tertiary/aromatic N) is 1. The maximum Gasteiger partial charge on any atom is 0.103 e. The first kappa shape index (κ1) is 13.6. The van der Waals surface area contributed by atoms with Crippen LogP contribution < -0.4 is 5.32 Å². The van der Waals surface area contributed by atoms with Crippen LogP contribution in [0.5, 0.6) is 0 Å². The van der Waals surface area contributed by atoms with Crippen molar-refractivity contribution >= 4 is 15.9 Å². The maximum absolute atomic E-state index is 4.51. The first-order valence-corrected chi connectivity index (χ1v) is 7.23. The Labute approximate surface area is 117 Å². The molecule has 0 radical (unpaired) electrons. The summed E-state index contributed by atoms with van der Waals surface area (Å²) in [5, 5.41) is 3.41. The average Bonchev–Trinajstić information content (AvgIpc) is 2.42. The van der Waals surface area contributed by atoms with E-state index in [1.807, 2.05) is 13.1 Å². The third kappa shape index (κ3) is 3.56. The van der Waals surface area contributed by atoms with E-state index >= 15 is 0 Å². The van der Waals surface area contributed by atoms with Gasteiger partial charge in [-0.05, 0) is 78.8 Å². The second-order valence-electron chi connectivity index (χ2n) is 4.81. The van der Waals surface area contributed by atoms with E-state index in [-0.39, 0.29) is 0 Å². The number of piperidine rings is 1. The van der Waals surface area contributed by atoms with Crippen molar-refractivity contribution in [2.75, 3.05) is 13.1 Å². The zero-order valence-electron chi connectivity index (χ0n) is 11.0. The second-order valence-corrected chi connectivity index (χ2v) is 5.67. The predicted octanol–water partition coefficient (Wildman–Crippen LogP) is 3.38. The molecule has 1 saturated heterocycles. The van der Waals surface area contributed by atoms with Crippen molar-refractivity contribution in [2.24, 2.45) is 0 Å². The standard InChI is InChI=1S/C14H20BrN3/c1-10-3-4-14(15)18-11(2)17-9-13(10)12-5-7-16-8-6-12/h3-4,9,12,16H,5-8H2,1-2H3,(H,17,18). The molecule has 1 aliphatic heterocycles. The molecule has 0 bridgehead atoms. The smallest absolute Gasteiger partial charge is 0.103 e. The van der Waals surface area contributed by atoms with Crippen LogP contribution in [0.1, 0.15) is 35.7 Å².